The summed E-state index contributed by atoms with van der Waals surface area (Å²) in [5, 5.41) is 2.38. The zero-order chi connectivity index (χ0) is 13.8. The van der Waals surface area contributed by atoms with Gasteiger partial charge in [0.25, 0.3) is 0 Å². The van der Waals surface area contributed by atoms with Gasteiger partial charge in [0.05, 0.1) is 18.0 Å². The van der Waals surface area contributed by atoms with E-state index in [0.29, 0.717) is 0 Å². The van der Waals surface area contributed by atoms with Crippen LogP contribution in [0.2, 0.25) is 0 Å². The molecule has 0 saturated heterocycles. The summed E-state index contributed by atoms with van der Waals surface area (Å²) in [5.74, 6) is -2.27. The number of halogens is 5. The second-order valence-corrected chi connectivity index (χ2v) is 3.42. The molecule has 3 N–H and O–H groups in total. The Morgan fingerprint density at radius 3 is 2.50 bits per heavy atom. The van der Waals surface area contributed by atoms with Gasteiger partial charge in [-0.25, -0.2) is 8.78 Å². The molecule has 0 atom stereocenters. The van der Waals surface area contributed by atoms with Gasteiger partial charge >= 0.3 is 6.18 Å². The fourth-order valence-corrected chi connectivity index (χ4v) is 1.18. The number of nitrogens with two attached hydrogens (primary N) is 1. The summed E-state index contributed by atoms with van der Waals surface area (Å²) in [6.45, 7) is -1.83. The molecule has 0 aliphatic carbocycles. The Morgan fingerprint density at radius 2 is 1.89 bits per heavy atom. The molecule has 0 aromatic heterocycles. The molecular weight excluding hydrogens is 259 g/mol. The highest BCUT2D eigenvalue weighted by Crippen LogP contribution is 2.24. The molecule has 0 aliphatic heterocycles. The SMILES string of the molecule is Nc1ccc(F)c(F)c1NCCOCC(F)(F)F. The van der Waals surface area contributed by atoms with Crippen molar-refractivity contribution in [1.29, 1.82) is 0 Å². The first-order valence-electron chi connectivity index (χ1n) is 4.93. The van der Waals surface area contributed by atoms with Crippen LogP contribution in [0, 0.1) is 11.6 Å². The predicted octanol–water partition coefficient (Wildman–Crippen LogP) is 2.54. The molecule has 0 amide bonds. The Morgan fingerprint density at radius 1 is 1.22 bits per heavy atom. The molecule has 18 heavy (non-hydrogen) atoms. The third kappa shape index (κ3) is 4.36. The van der Waals surface area contributed by atoms with Crippen molar-refractivity contribution in [1.82, 2.24) is 0 Å². The predicted molar refractivity (Wildman–Crippen MR) is 56.1 cm³/mol. The lowest BCUT2D eigenvalue weighted by atomic mass is 10.2. The number of nitrogens with one attached hydrogen (secondary N) is 1. The molecule has 0 aliphatic rings. The van der Waals surface area contributed by atoms with Crippen LogP contribution in [0.15, 0.2) is 12.1 Å². The molecule has 1 rings (SSSR count). The number of hydrogen-bond donors (Lipinski definition) is 2. The molecule has 0 saturated carbocycles. The van der Waals surface area contributed by atoms with E-state index in [2.05, 4.69) is 10.1 Å². The largest absolute Gasteiger partial charge is 0.411 e. The maximum Gasteiger partial charge on any atom is 0.411 e. The lowest BCUT2D eigenvalue weighted by Crippen LogP contribution is -2.20. The molecule has 0 fully saturated rings. The minimum atomic E-state index is -4.41. The van der Waals surface area contributed by atoms with Crippen molar-refractivity contribution in [2.24, 2.45) is 0 Å². The van der Waals surface area contributed by atoms with Crippen LogP contribution in [-0.4, -0.2) is 25.9 Å². The molecule has 0 heterocycles. The van der Waals surface area contributed by atoms with Crippen LogP contribution in [0.1, 0.15) is 0 Å². The zero-order valence-electron chi connectivity index (χ0n) is 9.15. The van der Waals surface area contributed by atoms with Crippen LogP contribution in [0.25, 0.3) is 0 Å². The zero-order valence-corrected chi connectivity index (χ0v) is 9.15. The summed E-state index contributed by atoms with van der Waals surface area (Å²) in [6, 6.07) is 2.01. The van der Waals surface area contributed by atoms with Gasteiger partial charge in [0.15, 0.2) is 11.6 Å². The van der Waals surface area contributed by atoms with E-state index in [9.17, 15) is 22.0 Å². The third-order valence-electron chi connectivity index (χ3n) is 1.94. The molecule has 0 bridgehead atoms. The Bertz CT molecular complexity index is 408. The average Bonchev–Trinajstić information content (AvgIpc) is 2.26. The summed E-state index contributed by atoms with van der Waals surface area (Å²) in [5.41, 5.74) is 5.06. The highest BCUT2D eigenvalue weighted by atomic mass is 19.4. The highest BCUT2D eigenvalue weighted by Gasteiger charge is 2.27. The molecular formula is C10H11F5N2O. The van der Waals surface area contributed by atoms with Crippen LogP contribution < -0.4 is 11.1 Å². The van der Waals surface area contributed by atoms with Gasteiger partial charge in [-0.2, -0.15) is 13.2 Å². The van der Waals surface area contributed by atoms with Crippen LogP contribution in [0.3, 0.4) is 0 Å². The van der Waals surface area contributed by atoms with Gasteiger partial charge in [-0.3, -0.25) is 0 Å². The van der Waals surface area contributed by atoms with E-state index in [-0.39, 0.29) is 24.5 Å². The fourth-order valence-electron chi connectivity index (χ4n) is 1.18. The molecule has 0 radical (unpaired) electrons. The monoisotopic (exact) mass is 270 g/mol. The minimum Gasteiger partial charge on any atom is -0.397 e. The first-order valence-corrected chi connectivity index (χ1v) is 4.93. The van der Waals surface area contributed by atoms with Crippen molar-refractivity contribution in [2.45, 2.75) is 6.18 Å². The second kappa shape index (κ2) is 5.85. The average molecular weight is 270 g/mol. The van der Waals surface area contributed by atoms with Crippen LogP contribution in [0.4, 0.5) is 33.3 Å². The number of anilines is 2. The van der Waals surface area contributed by atoms with Crippen LogP contribution >= 0.6 is 0 Å². The van der Waals surface area contributed by atoms with Gasteiger partial charge in [0, 0.05) is 6.54 Å². The Hall–Kier alpha value is -1.57. The van der Waals surface area contributed by atoms with Gasteiger partial charge in [-0.1, -0.05) is 0 Å². The second-order valence-electron chi connectivity index (χ2n) is 3.42. The van der Waals surface area contributed by atoms with E-state index < -0.39 is 24.4 Å². The smallest absolute Gasteiger partial charge is 0.397 e. The summed E-state index contributed by atoms with van der Waals surface area (Å²) in [7, 11) is 0. The lowest BCUT2D eigenvalue weighted by molar-refractivity contribution is -0.172. The summed E-state index contributed by atoms with van der Waals surface area (Å²) >= 11 is 0. The van der Waals surface area contributed by atoms with E-state index in [1.807, 2.05) is 0 Å². The van der Waals surface area contributed by atoms with E-state index in [1.54, 1.807) is 0 Å². The van der Waals surface area contributed by atoms with Crippen molar-refractivity contribution < 1.29 is 26.7 Å². The summed E-state index contributed by atoms with van der Waals surface area (Å²) in [4.78, 5) is 0. The van der Waals surface area contributed by atoms with Gasteiger partial charge in [-0.05, 0) is 12.1 Å². The minimum absolute atomic E-state index is 0.0373. The Balaban J connectivity index is 2.43. The maximum absolute atomic E-state index is 13.2. The number of ether oxygens (including phenoxy) is 1. The molecule has 0 unspecified atom stereocenters. The van der Waals surface area contributed by atoms with Crippen molar-refractivity contribution in [3.8, 4) is 0 Å². The summed E-state index contributed by atoms with van der Waals surface area (Å²) < 4.78 is 65.5. The fraction of sp³-hybridized carbons (Fsp3) is 0.400. The molecule has 1 aromatic carbocycles. The Kier molecular flexibility index (Phi) is 4.71. The number of hydrogen-bond acceptors (Lipinski definition) is 3. The number of alkyl halides is 3. The molecule has 3 nitrogen and oxygen atoms in total. The Labute approximate surface area is 99.7 Å². The van der Waals surface area contributed by atoms with Crippen molar-refractivity contribution in [2.75, 3.05) is 30.8 Å². The van der Waals surface area contributed by atoms with Gasteiger partial charge in [0.1, 0.15) is 6.61 Å². The lowest BCUT2D eigenvalue weighted by Gasteiger charge is -2.11. The number of benzene rings is 1. The van der Waals surface area contributed by atoms with Crippen molar-refractivity contribution >= 4 is 11.4 Å². The first-order chi connectivity index (χ1) is 8.31. The third-order valence-corrected chi connectivity index (χ3v) is 1.94. The maximum atomic E-state index is 13.2. The standard InChI is InChI=1S/C10H11F5N2O/c11-6-1-2-7(16)9(8(6)12)17-3-4-18-5-10(13,14)15/h1-2,17H,3-5,16H2. The van der Waals surface area contributed by atoms with Crippen molar-refractivity contribution in [3.05, 3.63) is 23.8 Å². The number of nitrogen functional groups attached to an aromatic ring is 1. The molecule has 8 heteroatoms. The van der Waals surface area contributed by atoms with E-state index in [4.69, 9.17) is 5.73 Å². The van der Waals surface area contributed by atoms with Crippen LogP contribution in [-0.2, 0) is 4.74 Å². The van der Waals surface area contributed by atoms with Gasteiger partial charge in [0.2, 0.25) is 0 Å². The van der Waals surface area contributed by atoms with E-state index in [1.165, 1.54) is 0 Å². The van der Waals surface area contributed by atoms with Crippen LogP contribution in [0.5, 0.6) is 0 Å². The first kappa shape index (κ1) is 14.5. The molecule has 1 aromatic rings. The van der Waals surface area contributed by atoms with E-state index >= 15 is 0 Å². The quantitative estimate of drug-likeness (QED) is 0.491. The highest BCUT2D eigenvalue weighted by molar-refractivity contribution is 5.66. The normalized spacial score (nSPS) is 11.6. The van der Waals surface area contributed by atoms with E-state index in [0.717, 1.165) is 12.1 Å². The summed E-state index contributed by atoms with van der Waals surface area (Å²) in [6.07, 6.45) is -4.41. The molecule has 102 valence electrons. The van der Waals surface area contributed by atoms with Crippen molar-refractivity contribution in [3.63, 3.8) is 0 Å². The topological polar surface area (TPSA) is 47.3 Å². The molecule has 0 spiro atoms. The van der Waals surface area contributed by atoms with Gasteiger partial charge < -0.3 is 15.8 Å². The number of rotatable bonds is 5. The van der Waals surface area contributed by atoms with Gasteiger partial charge in [-0.15, -0.1) is 0 Å².